The lowest BCUT2D eigenvalue weighted by atomic mass is 9.82. The predicted molar refractivity (Wildman–Crippen MR) is 180 cm³/mol. The van der Waals surface area contributed by atoms with E-state index in [1.54, 1.807) is 0 Å². The van der Waals surface area contributed by atoms with Gasteiger partial charge in [-0.3, -0.25) is 0 Å². The van der Waals surface area contributed by atoms with Crippen LogP contribution in [-0.4, -0.2) is 0 Å². The van der Waals surface area contributed by atoms with E-state index in [9.17, 15) is 0 Å². The molecule has 0 amide bonds. The van der Waals surface area contributed by atoms with Crippen molar-refractivity contribution in [1.82, 2.24) is 0 Å². The first-order valence-corrected chi connectivity index (χ1v) is 14.8. The zero-order valence-electron chi connectivity index (χ0n) is 24.7. The van der Waals surface area contributed by atoms with Crippen LogP contribution in [0.3, 0.4) is 0 Å². The Bertz CT molecular complexity index is 1920. The molecule has 0 saturated heterocycles. The van der Waals surface area contributed by atoms with Gasteiger partial charge in [0.05, 0.1) is 0 Å². The highest BCUT2D eigenvalue weighted by molar-refractivity contribution is 5.83. The Morgan fingerprint density at radius 2 is 0.929 bits per heavy atom. The quantitative estimate of drug-likeness (QED) is 0.229. The van der Waals surface area contributed by atoms with Crippen LogP contribution in [0.15, 0.2) is 133 Å². The molecule has 1 nitrogen and oxygen atoms in total. The van der Waals surface area contributed by atoms with Crippen molar-refractivity contribution in [3.8, 4) is 44.5 Å². The van der Waals surface area contributed by atoms with Crippen LogP contribution in [0, 0.1) is 13.8 Å². The summed E-state index contributed by atoms with van der Waals surface area (Å²) in [6.07, 6.45) is 0. The number of aryl methyl sites for hydroxylation is 2. The predicted octanol–water partition coefficient (Wildman–Crippen LogP) is 11.4. The highest BCUT2D eigenvalue weighted by Gasteiger charge is 2.35. The Morgan fingerprint density at radius 1 is 0.405 bits per heavy atom. The molecule has 0 heterocycles. The van der Waals surface area contributed by atoms with Gasteiger partial charge in [0.25, 0.3) is 0 Å². The van der Waals surface area contributed by atoms with E-state index in [0.29, 0.717) is 0 Å². The van der Waals surface area contributed by atoms with Gasteiger partial charge < -0.3 is 5.32 Å². The van der Waals surface area contributed by atoms with Gasteiger partial charge in [0.15, 0.2) is 0 Å². The standard InChI is InChI=1S/C41H35N/c1-27-9-5-6-10-35(27)38-25-32(14-13-28(38)2)31-17-15-29(16-18-31)30-19-21-33(22-20-30)42-34-23-24-37-36-11-7-8-12-39(36)41(3,4)40(37)26-34/h5-26,42H,1-4H3. The lowest BCUT2D eigenvalue weighted by molar-refractivity contribution is 0.660. The number of hydrogen-bond donors (Lipinski definition) is 1. The maximum Gasteiger partial charge on any atom is 0.0387 e. The summed E-state index contributed by atoms with van der Waals surface area (Å²) >= 11 is 0. The Kier molecular flexibility index (Phi) is 6.32. The molecule has 204 valence electrons. The topological polar surface area (TPSA) is 12.0 Å². The van der Waals surface area contributed by atoms with Crippen LogP contribution in [0.25, 0.3) is 44.5 Å². The molecule has 1 aliphatic rings. The molecule has 1 heteroatoms. The van der Waals surface area contributed by atoms with Gasteiger partial charge in [0.1, 0.15) is 0 Å². The molecule has 42 heavy (non-hydrogen) atoms. The zero-order valence-corrected chi connectivity index (χ0v) is 24.7. The Balaban J connectivity index is 1.10. The van der Waals surface area contributed by atoms with E-state index in [-0.39, 0.29) is 5.41 Å². The molecule has 0 radical (unpaired) electrons. The van der Waals surface area contributed by atoms with Crippen molar-refractivity contribution in [1.29, 1.82) is 0 Å². The third-order valence-electron chi connectivity index (χ3n) is 8.98. The molecule has 0 bridgehead atoms. The van der Waals surface area contributed by atoms with Crippen LogP contribution >= 0.6 is 0 Å². The monoisotopic (exact) mass is 541 g/mol. The number of benzene rings is 6. The van der Waals surface area contributed by atoms with Gasteiger partial charge in [0.2, 0.25) is 0 Å². The van der Waals surface area contributed by atoms with E-state index in [4.69, 9.17) is 0 Å². The average molecular weight is 542 g/mol. The summed E-state index contributed by atoms with van der Waals surface area (Å²) in [5.41, 5.74) is 17.8. The molecule has 1 N–H and O–H groups in total. The molecule has 6 aromatic rings. The molecule has 0 unspecified atom stereocenters. The van der Waals surface area contributed by atoms with Gasteiger partial charge in [-0.25, -0.2) is 0 Å². The highest BCUT2D eigenvalue weighted by Crippen LogP contribution is 2.49. The summed E-state index contributed by atoms with van der Waals surface area (Å²) in [6.45, 7) is 9.02. The smallest absolute Gasteiger partial charge is 0.0387 e. The van der Waals surface area contributed by atoms with E-state index in [2.05, 4.69) is 166 Å². The highest BCUT2D eigenvalue weighted by atomic mass is 14.9. The first kappa shape index (κ1) is 26.0. The summed E-state index contributed by atoms with van der Waals surface area (Å²) in [4.78, 5) is 0. The largest absolute Gasteiger partial charge is 0.356 e. The lowest BCUT2D eigenvalue weighted by Gasteiger charge is -2.22. The number of hydrogen-bond acceptors (Lipinski definition) is 1. The third kappa shape index (κ3) is 4.52. The maximum atomic E-state index is 3.63. The number of fused-ring (bicyclic) bond motifs is 3. The number of rotatable bonds is 5. The first-order valence-electron chi connectivity index (χ1n) is 14.8. The second kappa shape index (κ2) is 10.2. The molecule has 0 fully saturated rings. The summed E-state index contributed by atoms with van der Waals surface area (Å²) in [5.74, 6) is 0. The summed E-state index contributed by atoms with van der Waals surface area (Å²) < 4.78 is 0. The Labute approximate surface area is 249 Å². The van der Waals surface area contributed by atoms with Crippen molar-refractivity contribution in [2.24, 2.45) is 0 Å². The lowest BCUT2D eigenvalue weighted by Crippen LogP contribution is -2.15. The zero-order chi connectivity index (χ0) is 28.8. The van der Waals surface area contributed by atoms with Crippen LogP contribution in [0.1, 0.15) is 36.1 Å². The first-order chi connectivity index (χ1) is 20.4. The Hall–Kier alpha value is -4.88. The van der Waals surface area contributed by atoms with E-state index in [1.807, 2.05) is 0 Å². The van der Waals surface area contributed by atoms with Gasteiger partial charge in [-0.2, -0.15) is 0 Å². The number of anilines is 2. The molecular formula is C41H35N. The summed E-state index contributed by atoms with van der Waals surface area (Å²) in [7, 11) is 0. The second-order valence-electron chi connectivity index (χ2n) is 12.1. The van der Waals surface area contributed by atoms with Gasteiger partial charge >= 0.3 is 0 Å². The van der Waals surface area contributed by atoms with Crippen LogP contribution < -0.4 is 5.32 Å². The van der Waals surface area contributed by atoms with Crippen LogP contribution in [0.5, 0.6) is 0 Å². The fraction of sp³-hybridized carbons (Fsp3) is 0.122. The minimum Gasteiger partial charge on any atom is -0.356 e. The minimum atomic E-state index is 0.000271. The average Bonchev–Trinajstić information content (AvgIpc) is 3.24. The van der Waals surface area contributed by atoms with E-state index in [0.717, 1.165) is 11.4 Å². The van der Waals surface area contributed by atoms with Crippen molar-refractivity contribution < 1.29 is 0 Å². The van der Waals surface area contributed by atoms with E-state index in [1.165, 1.54) is 66.8 Å². The molecule has 0 spiro atoms. The fourth-order valence-electron chi connectivity index (χ4n) is 6.52. The summed E-state index contributed by atoms with van der Waals surface area (Å²) in [6, 6.07) is 48.6. The van der Waals surface area contributed by atoms with Crippen molar-refractivity contribution in [3.05, 3.63) is 156 Å². The van der Waals surface area contributed by atoms with E-state index < -0.39 is 0 Å². The van der Waals surface area contributed by atoms with Crippen molar-refractivity contribution in [2.45, 2.75) is 33.1 Å². The van der Waals surface area contributed by atoms with Crippen LogP contribution in [-0.2, 0) is 5.41 Å². The van der Waals surface area contributed by atoms with Gasteiger partial charge in [-0.1, -0.05) is 117 Å². The Morgan fingerprint density at radius 3 is 1.64 bits per heavy atom. The molecule has 0 aromatic heterocycles. The third-order valence-corrected chi connectivity index (χ3v) is 8.98. The molecule has 7 rings (SSSR count). The van der Waals surface area contributed by atoms with Gasteiger partial charge in [-0.15, -0.1) is 0 Å². The molecule has 0 aliphatic heterocycles. The number of nitrogens with one attached hydrogen (secondary N) is 1. The maximum absolute atomic E-state index is 3.63. The van der Waals surface area contributed by atoms with Gasteiger partial charge in [0, 0.05) is 16.8 Å². The molecular weight excluding hydrogens is 506 g/mol. The van der Waals surface area contributed by atoms with Crippen molar-refractivity contribution >= 4 is 11.4 Å². The molecule has 6 aromatic carbocycles. The van der Waals surface area contributed by atoms with Crippen LogP contribution in [0.2, 0.25) is 0 Å². The van der Waals surface area contributed by atoms with Crippen molar-refractivity contribution in [2.75, 3.05) is 5.32 Å². The second-order valence-corrected chi connectivity index (χ2v) is 12.1. The minimum absolute atomic E-state index is 0.000271. The van der Waals surface area contributed by atoms with Crippen LogP contribution in [0.4, 0.5) is 11.4 Å². The van der Waals surface area contributed by atoms with E-state index >= 15 is 0 Å². The van der Waals surface area contributed by atoms with Crippen molar-refractivity contribution in [3.63, 3.8) is 0 Å². The summed E-state index contributed by atoms with van der Waals surface area (Å²) in [5, 5.41) is 3.63. The normalized spacial score (nSPS) is 13.0. The molecule has 0 atom stereocenters. The molecule has 1 aliphatic carbocycles. The SMILES string of the molecule is Cc1ccccc1-c1cc(-c2ccc(-c3ccc(Nc4ccc5c(c4)C(C)(C)c4ccccc4-5)cc3)cc2)ccc1C. The fourth-order valence-corrected chi connectivity index (χ4v) is 6.52. The van der Waals surface area contributed by atoms with Gasteiger partial charge in [-0.05, 0) is 111 Å². The molecule has 0 saturated carbocycles.